The molecule has 0 aliphatic rings. The van der Waals surface area contributed by atoms with Crippen LogP contribution < -0.4 is 21.1 Å². The molecule has 0 aliphatic carbocycles. The van der Waals surface area contributed by atoms with E-state index in [0.29, 0.717) is 6.54 Å². The van der Waals surface area contributed by atoms with Gasteiger partial charge in [-0.2, -0.15) is 0 Å². The van der Waals surface area contributed by atoms with Crippen molar-refractivity contribution >= 4 is 17.6 Å². The van der Waals surface area contributed by atoms with Crippen molar-refractivity contribution in [1.29, 1.82) is 0 Å². The van der Waals surface area contributed by atoms with Crippen molar-refractivity contribution < 1.29 is 9.53 Å². The number of benzene rings is 2. The second-order valence-corrected chi connectivity index (χ2v) is 5.32. The number of rotatable bonds is 6. The molecule has 0 bridgehead atoms. The maximum absolute atomic E-state index is 11.8. The molecule has 2 aromatic carbocycles. The standard InChI is InChI=1S/C18H22N4O2/c1-13-4-3-5-15(10-13)22-18(19)21-12-17(23)20-11-14-6-8-16(24-2)9-7-14/h3-10H,11-12H2,1-2H3,(H,20,23)(H3,19,21,22). The molecule has 2 aromatic rings. The average Bonchev–Trinajstić information content (AvgIpc) is 2.58. The number of nitrogens with zero attached hydrogens (tertiary/aromatic N) is 1. The first-order valence-electron chi connectivity index (χ1n) is 7.60. The molecular weight excluding hydrogens is 304 g/mol. The molecular formula is C18H22N4O2. The summed E-state index contributed by atoms with van der Waals surface area (Å²) in [6.45, 7) is 2.40. The predicted molar refractivity (Wildman–Crippen MR) is 96.1 cm³/mol. The van der Waals surface area contributed by atoms with Gasteiger partial charge in [0, 0.05) is 12.2 Å². The number of nitrogens with one attached hydrogen (secondary N) is 2. The van der Waals surface area contributed by atoms with E-state index in [0.717, 1.165) is 22.6 Å². The van der Waals surface area contributed by atoms with Crippen LogP contribution in [0.1, 0.15) is 11.1 Å². The highest BCUT2D eigenvalue weighted by Gasteiger charge is 2.02. The molecule has 0 fully saturated rings. The molecule has 0 heterocycles. The van der Waals surface area contributed by atoms with Crippen LogP contribution >= 0.6 is 0 Å². The monoisotopic (exact) mass is 326 g/mol. The number of aliphatic imine (C=N–C) groups is 1. The summed E-state index contributed by atoms with van der Waals surface area (Å²) in [5.74, 6) is 0.796. The number of nitrogens with two attached hydrogens (primary N) is 1. The lowest BCUT2D eigenvalue weighted by molar-refractivity contribution is -0.119. The summed E-state index contributed by atoms with van der Waals surface area (Å²) >= 11 is 0. The van der Waals surface area contributed by atoms with Crippen LogP contribution in [0.15, 0.2) is 53.5 Å². The molecule has 6 heteroatoms. The summed E-state index contributed by atoms with van der Waals surface area (Å²) in [6, 6.07) is 15.3. The zero-order chi connectivity index (χ0) is 17.4. The molecule has 0 radical (unpaired) electrons. The number of hydrogen-bond donors (Lipinski definition) is 3. The number of carbonyl (C=O) groups is 1. The van der Waals surface area contributed by atoms with E-state index in [2.05, 4.69) is 15.6 Å². The van der Waals surface area contributed by atoms with E-state index in [1.54, 1.807) is 7.11 Å². The molecule has 126 valence electrons. The summed E-state index contributed by atoms with van der Waals surface area (Å²) in [6.07, 6.45) is 0. The Morgan fingerprint density at radius 3 is 2.62 bits per heavy atom. The number of guanidine groups is 1. The van der Waals surface area contributed by atoms with Crippen molar-refractivity contribution in [3.63, 3.8) is 0 Å². The number of hydrogen-bond acceptors (Lipinski definition) is 3. The van der Waals surface area contributed by atoms with Crippen LogP contribution in [0.2, 0.25) is 0 Å². The normalized spacial score (nSPS) is 11.0. The second kappa shape index (κ2) is 8.57. The zero-order valence-electron chi connectivity index (χ0n) is 13.9. The SMILES string of the molecule is COc1ccc(CNC(=O)CN=C(N)Nc2cccc(C)c2)cc1. The highest BCUT2D eigenvalue weighted by Crippen LogP contribution is 2.11. The van der Waals surface area contributed by atoms with Crippen LogP contribution in [0.5, 0.6) is 5.75 Å². The largest absolute Gasteiger partial charge is 0.497 e. The minimum absolute atomic E-state index is 0.0270. The Kier molecular flexibility index (Phi) is 6.19. The van der Waals surface area contributed by atoms with E-state index in [4.69, 9.17) is 10.5 Å². The van der Waals surface area contributed by atoms with Crippen LogP contribution in [-0.2, 0) is 11.3 Å². The number of carbonyl (C=O) groups excluding carboxylic acids is 1. The first-order valence-corrected chi connectivity index (χ1v) is 7.60. The fraction of sp³-hybridized carbons (Fsp3) is 0.222. The van der Waals surface area contributed by atoms with E-state index in [-0.39, 0.29) is 18.4 Å². The second-order valence-electron chi connectivity index (χ2n) is 5.32. The lowest BCUT2D eigenvalue weighted by atomic mass is 10.2. The van der Waals surface area contributed by atoms with Gasteiger partial charge in [-0.1, -0.05) is 24.3 Å². The lowest BCUT2D eigenvalue weighted by Crippen LogP contribution is -2.28. The van der Waals surface area contributed by atoms with E-state index in [1.165, 1.54) is 0 Å². The lowest BCUT2D eigenvalue weighted by Gasteiger charge is -2.07. The highest BCUT2D eigenvalue weighted by molar-refractivity contribution is 5.93. The fourth-order valence-electron chi connectivity index (χ4n) is 2.07. The predicted octanol–water partition coefficient (Wildman–Crippen LogP) is 2.05. The number of ether oxygens (including phenoxy) is 1. The molecule has 2 rings (SSSR count). The van der Waals surface area contributed by atoms with Gasteiger partial charge in [-0.25, -0.2) is 4.99 Å². The number of aryl methyl sites for hydroxylation is 1. The topological polar surface area (TPSA) is 88.7 Å². The van der Waals surface area contributed by atoms with Crippen LogP contribution in [0.4, 0.5) is 5.69 Å². The fourth-order valence-corrected chi connectivity index (χ4v) is 2.07. The maximum Gasteiger partial charge on any atom is 0.242 e. The minimum atomic E-state index is -0.195. The van der Waals surface area contributed by atoms with Crippen molar-refractivity contribution in [3.05, 3.63) is 59.7 Å². The maximum atomic E-state index is 11.8. The van der Waals surface area contributed by atoms with E-state index in [1.807, 2.05) is 55.5 Å². The third kappa shape index (κ3) is 5.64. The van der Waals surface area contributed by atoms with Crippen LogP contribution in [0, 0.1) is 6.92 Å². The van der Waals surface area contributed by atoms with Gasteiger partial charge in [0.15, 0.2) is 5.96 Å². The van der Waals surface area contributed by atoms with Crippen LogP contribution in [-0.4, -0.2) is 25.5 Å². The first-order chi connectivity index (χ1) is 11.6. The molecule has 0 aliphatic heterocycles. The molecule has 0 saturated carbocycles. The van der Waals surface area contributed by atoms with Gasteiger partial charge in [-0.3, -0.25) is 4.79 Å². The molecule has 0 saturated heterocycles. The van der Waals surface area contributed by atoms with Gasteiger partial charge in [0.25, 0.3) is 0 Å². The Balaban J connectivity index is 1.78. The molecule has 4 N–H and O–H groups in total. The summed E-state index contributed by atoms with van der Waals surface area (Å²) in [4.78, 5) is 15.9. The van der Waals surface area contributed by atoms with Crippen molar-refractivity contribution in [2.75, 3.05) is 19.0 Å². The number of amides is 1. The van der Waals surface area contributed by atoms with Crippen LogP contribution in [0.25, 0.3) is 0 Å². The van der Waals surface area contributed by atoms with E-state index < -0.39 is 0 Å². The van der Waals surface area contributed by atoms with E-state index in [9.17, 15) is 4.79 Å². The highest BCUT2D eigenvalue weighted by atomic mass is 16.5. The molecule has 1 amide bonds. The zero-order valence-corrected chi connectivity index (χ0v) is 13.9. The average molecular weight is 326 g/mol. The van der Waals surface area contributed by atoms with Gasteiger partial charge in [0.1, 0.15) is 12.3 Å². The third-order valence-corrected chi connectivity index (χ3v) is 3.33. The molecule has 0 atom stereocenters. The van der Waals surface area contributed by atoms with Crippen molar-refractivity contribution in [2.24, 2.45) is 10.7 Å². The molecule has 0 unspecified atom stereocenters. The first kappa shape index (κ1) is 17.3. The number of methoxy groups -OCH3 is 1. The Morgan fingerprint density at radius 1 is 1.21 bits per heavy atom. The summed E-state index contributed by atoms with van der Waals surface area (Å²) in [5.41, 5.74) is 8.73. The molecule has 6 nitrogen and oxygen atoms in total. The van der Waals surface area contributed by atoms with Crippen molar-refractivity contribution in [3.8, 4) is 5.75 Å². The Morgan fingerprint density at radius 2 is 1.96 bits per heavy atom. The summed E-state index contributed by atoms with van der Waals surface area (Å²) in [7, 11) is 1.62. The van der Waals surface area contributed by atoms with Gasteiger partial charge in [-0.15, -0.1) is 0 Å². The van der Waals surface area contributed by atoms with Gasteiger partial charge < -0.3 is 21.1 Å². The summed E-state index contributed by atoms with van der Waals surface area (Å²) in [5, 5.41) is 5.75. The van der Waals surface area contributed by atoms with Gasteiger partial charge in [0.05, 0.1) is 7.11 Å². The van der Waals surface area contributed by atoms with E-state index >= 15 is 0 Å². The minimum Gasteiger partial charge on any atom is -0.497 e. The smallest absolute Gasteiger partial charge is 0.242 e. The van der Waals surface area contributed by atoms with Crippen molar-refractivity contribution in [1.82, 2.24) is 5.32 Å². The Labute approximate surface area is 141 Å². The third-order valence-electron chi connectivity index (χ3n) is 3.33. The Hall–Kier alpha value is -3.02. The number of anilines is 1. The summed E-state index contributed by atoms with van der Waals surface area (Å²) < 4.78 is 5.09. The van der Waals surface area contributed by atoms with Gasteiger partial charge in [0.2, 0.25) is 5.91 Å². The molecule has 0 spiro atoms. The Bertz CT molecular complexity index is 711. The van der Waals surface area contributed by atoms with Crippen LogP contribution in [0.3, 0.4) is 0 Å². The molecule has 24 heavy (non-hydrogen) atoms. The molecule has 0 aromatic heterocycles. The van der Waals surface area contributed by atoms with Gasteiger partial charge >= 0.3 is 0 Å². The van der Waals surface area contributed by atoms with Gasteiger partial charge in [-0.05, 0) is 42.3 Å². The quantitative estimate of drug-likeness (QED) is 0.560. The van der Waals surface area contributed by atoms with Crippen molar-refractivity contribution in [2.45, 2.75) is 13.5 Å².